The second-order valence-electron chi connectivity index (χ2n) is 6.18. The maximum absolute atomic E-state index is 13.0. The number of anilines is 1. The van der Waals surface area contributed by atoms with Crippen LogP contribution in [0.25, 0.3) is 10.9 Å². The first kappa shape index (κ1) is 20.1. The molecule has 0 saturated heterocycles. The standard InChI is InChI=1S/C21H22N2O6/c1-12(24)23-11-16(15-10-14(26-2)6-7-17(15)23)21(25)22-13-8-18(27-3)20(29-5)19(9-13)28-4/h6-11H,1-5H3,(H,22,25). The summed E-state index contributed by atoms with van der Waals surface area (Å²) in [7, 11) is 6.03. The van der Waals surface area contributed by atoms with E-state index in [4.69, 9.17) is 18.9 Å². The fourth-order valence-electron chi connectivity index (χ4n) is 3.13. The molecule has 0 fully saturated rings. The fourth-order valence-corrected chi connectivity index (χ4v) is 3.13. The average Bonchev–Trinajstić information content (AvgIpc) is 3.12. The monoisotopic (exact) mass is 398 g/mol. The average molecular weight is 398 g/mol. The zero-order valence-electron chi connectivity index (χ0n) is 16.9. The van der Waals surface area contributed by atoms with Crippen molar-refractivity contribution in [1.29, 1.82) is 0 Å². The first-order valence-corrected chi connectivity index (χ1v) is 8.74. The number of ether oxygens (including phenoxy) is 4. The predicted octanol–water partition coefficient (Wildman–Crippen LogP) is 3.59. The van der Waals surface area contributed by atoms with Crippen molar-refractivity contribution in [1.82, 2.24) is 4.57 Å². The number of carbonyl (C=O) groups is 2. The van der Waals surface area contributed by atoms with E-state index < -0.39 is 5.91 Å². The minimum Gasteiger partial charge on any atom is -0.497 e. The number of nitrogens with zero attached hydrogens (tertiary/aromatic N) is 1. The van der Waals surface area contributed by atoms with Gasteiger partial charge in [0.2, 0.25) is 11.7 Å². The molecule has 0 bridgehead atoms. The Morgan fingerprint density at radius 2 is 1.55 bits per heavy atom. The van der Waals surface area contributed by atoms with Gasteiger partial charge in [-0.05, 0) is 18.2 Å². The number of methoxy groups -OCH3 is 4. The van der Waals surface area contributed by atoms with Crippen LogP contribution in [0.3, 0.4) is 0 Å². The van der Waals surface area contributed by atoms with Gasteiger partial charge < -0.3 is 24.3 Å². The smallest absolute Gasteiger partial charge is 0.257 e. The first-order chi connectivity index (χ1) is 13.9. The summed E-state index contributed by atoms with van der Waals surface area (Å²) in [6, 6.07) is 8.46. The number of hydrogen-bond donors (Lipinski definition) is 1. The van der Waals surface area contributed by atoms with Crippen LogP contribution in [0.5, 0.6) is 23.0 Å². The molecule has 1 heterocycles. The Morgan fingerprint density at radius 1 is 0.897 bits per heavy atom. The van der Waals surface area contributed by atoms with Crippen LogP contribution in [0.4, 0.5) is 5.69 Å². The van der Waals surface area contributed by atoms with Gasteiger partial charge in [0, 0.05) is 36.3 Å². The number of aromatic nitrogens is 1. The van der Waals surface area contributed by atoms with Crippen molar-refractivity contribution in [2.75, 3.05) is 33.8 Å². The van der Waals surface area contributed by atoms with E-state index in [0.29, 0.717) is 45.2 Å². The Morgan fingerprint density at radius 3 is 2.07 bits per heavy atom. The van der Waals surface area contributed by atoms with E-state index in [-0.39, 0.29) is 5.91 Å². The molecular formula is C21H22N2O6. The Labute approximate surface area is 167 Å². The van der Waals surface area contributed by atoms with Gasteiger partial charge in [-0.25, -0.2) is 0 Å². The third-order valence-corrected chi connectivity index (χ3v) is 4.52. The van der Waals surface area contributed by atoms with Gasteiger partial charge in [0.1, 0.15) is 5.75 Å². The Bertz CT molecular complexity index is 1060. The maximum atomic E-state index is 13.0. The van der Waals surface area contributed by atoms with Crippen molar-refractivity contribution in [3.05, 3.63) is 42.1 Å². The van der Waals surface area contributed by atoms with Gasteiger partial charge in [-0.2, -0.15) is 0 Å². The molecule has 8 heteroatoms. The van der Waals surface area contributed by atoms with Crippen molar-refractivity contribution >= 4 is 28.4 Å². The van der Waals surface area contributed by atoms with Crippen LogP contribution in [-0.2, 0) is 0 Å². The summed E-state index contributed by atoms with van der Waals surface area (Å²) in [5, 5.41) is 3.42. The first-order valence-electron chi connectivity index (χ1n) is 8.74. The van der Waals surface area contributed by atoms with Crippen LogP contribution in [-0.4, -0.2) is 44.8 Å². The molecule has 1 aromatic heterocycles. The van der Waals surface area contributed by atoms with Crippen molar-refractivity contribution < 1.29 is 28.5 Å². The van der Waals surface area contributed by atoms with E-state index in [0.717, 1.165) is 0 Å². The molecule has 29 heavy (non-hydrogen) atoms. The molecule has 0 aliphatic rings. The molecule has 3 aromatic rings. The summed E-state index contributed by atoms with van der Waals surface area (Å²) in [6.45, 7) is 1.44. The van der Waals surface area contributed by atoms with Crippen LogP contribution < -0.4 is 24.3 Å². The van der Waals surface area contributed by atoms with Gasteiger partial charge in [-0.15, -0.1) is 0 Å². The largest absolute Gasteiger partial charge is 0.497 e. The molecular weight excluding hydrogens is 376 g/mol. The third-order valence-electron chi connectivity index (χ3n) is 4.52. The molecule has 2 aromatic carbocycles. The summed E-state index contributed by atoms with van der Waals surface area (Å²) in [5.74, 6) is 1.24. The number of rotatable bonds is 6. The molecule has 3 rings (SSSR count). The van der Waals surface area contributed by atoms with Gasteiger partial charge in [0.15, 0.2) is 11.5 Å². The maximum Gasteiger partial charge on any atom is 0.257 e. The highest BCUT2D eigenvalue weighted by Gasteiger charge is 2.20. The minimum absolute atomic E-state index is 0.202. The predicted molar refractivity (Wildman–Crippen MR) is 109 cm³/mol. The lowest BCUT2D eigenvalue weighted by Gasteiger charge is -2.14. The second-order valence-corrected chi connectivity index (χ2v) is 6.18. The van der Waals surface area contributed by atoms with Crippen molar-refractivity contribution in [3.8, 4) is 23.0 Å². The summed E-state index contributed by atoms with van der Waals surface area (Å²) in [5.41, 5.74) is 1.41. The Kier molecular flexibility index (Phi) is 5.63. The highest BCUT2D eigenvalue weighted by Crippen LogP contribution is 2.40. The number of carbonyl (C=O) groups excluding carboxylic acids is 2. The van der Waals surface area contributed by atoms with E-state index >= 15 is 0 Å². The summed E-state index contributed by atoms with van der Waals surface area (Å²) in [6.07, 6.45) is 1.51. The van der Waals surface area contributed by atoms with E-state index in [9.17, 15) is 9.59 Å². The molecule has 1 N–H and O–H groups in total. The number of hydrogen-bond acceptors (Lipinski definition) is 6. The summed E-state index contributed by atoms with van der Waals surface area (Å²) < 4.78 is 22.6. The Hall–Kier alpha value is -3.68. The number of nitrogens with one attached hydrogen (secondary N) is 1. The third kappa shape index (κ3) is 3.69. The highest BCUT2D eigenvalue weighted by molar-refractivity contribution is 6.14. The van der Waals surface area contributed by atoms with Crippen LogP contribution in [0.1, 0.15) is 22.1 Å². The van der Waals surface area contributed by atoms with Crippen LogP contribution in [0.15, 0.2) is 36.5 Å². The molecule has 152 valence electrons. The second kappa shape index (κ2) is 8.14. The van der Waals surface area contributed by atoms with E-state index in [1.165, 1.54) is 39.0 Å². The lowest BCUT2D eigenvalue weighted by Crippen LogP contribution is -2.12. The topological polar surface area (TPSA) is 88.0 Å². The molecule has 0 atom stereocenters. The molecule has 1 amide bonds. The van der Waals surface area contributed by atoms with Gasteiger partial charge >= 0.3 is 0 Å². The van der Waals surface area contributed by atoms with Gasteiger partial charge in [0.25, 0.3) is 5.91 Å². The molecule has 0 radical (unpaired) electrons. The van der Waals surface area contributed by atoms with Gasteiger partial charge in [0.05, 0.1) is 39.5 Å². The Balaban J connectivity index is 2.05. The number of benzene rings is 2. The highest BCUT2D eigenvalue weighted by atomic mass is 16.5. The number of fused-ring (bicyclic) bond motifs is 1. The molecule has 0 aliphatic carbocycles. The molecule has 0 spiro atoms. The fraction of sp³-hybridized carbons (Fsp3) is 0.238. The summed E-state index contributed by atoms with van der Waals surface area (Å²) in [4.78, 5) is 25.0. The van der Waals surface area contributed by atoms with Crippen molar-refractivity contribution in [2.24, 2.45) is 0 Å². The van der Waals surface area contributed by atoms with Crippen LogP contribution in [0.2, 0.25) is 0 Å². The normalized spacial score (nSPS) is 10.5. The van der Waals surface area contributed by atoms with Gasteiger partial charge in [-0.3, -0.25) is 14.2 Å². The lowest BCUT2D eigenvalue weighted by atomic mass is 10.1. The molecule has 8 nitrogen and oxygen atoms in total. The minimum atomic E-state index is -0.391. The molecule has 0 saturated carbocycles. The zero-order valence-corrected chi connectivity index (χ0v) is 16.9. The lowest BCUT2D eigenvalue weighted by molar-refractivity contribution is 0.0941. The summed E-state index contributed by atoms with van der Waals surface area (Å²) >= 11 is 0. The van der Waals surface area contributed by atoms with E-state index in [1.54, 1.807) is 37.4 Å². The number of amides is 1. The van der Waals surface area contributed by atoms with Crippen LogP contribution >= 0.6 is 0 Å². The van der Waals surface area contributed by atoms with Gasteiger partial charge in [-0.1, -0.05) is 0 Å². The van der Waals surface area contributed by atoms with E-state index in [1.807, 2.05) is 0 Å². The van der Waals surface area contributed by atoms with Crippen molar-refractivity contribution in [3.63, 3.8) is 0 Å². The van der Waals surface area contributed by atoms with Crippen molar-refractivity contribution in [2.45, 2.75) is 6.92 Å². The molecule has 0 unspecified atom stereocenters. The van der Waals surface area contributed by atoms with E-state index in [2.05, 4.69) is 5.32 Å². The van der Waals surface area contributed by atoms with Crippen LogP contribution in [0, 0.1) is 0 Å². The quantitative estimate of drug-likeness (QED) is 0.683. The SMILES string of the molecule is COc1ccc2c(c1)c(C(=O)Nc1cc(OC)c(OC)c(OC)c1)cn2C(C)=O. The zero-order chi connectivity index (χ0) is 21.1. The molecule has 0 aliphatic heterocycles.